The largest absolute Gasteiger partial charge is 0.352 e. The number of benzene rings is 1. The Labute approximate surface area is 147 Å². The molecule has 136 valence electrons. The number of carbonyl (C=O) groups is 1. The van der Waals surface area contributed by atoms with Crippen LogP contribution in [0.25, 0.3) is 10.9 Å². The zero-order chi connectivity index (χ0) is 18.6. The zero-order valence-corrected chi connectivity index (χ0v) is 15.4. The fraction of sp³-hybridized carbons (Fsp3) is 0.526. The number of hydrogen-bond donors (Lipinski definition) is 1. The van der Waals surface area contributed by atoms with Crippen LogP contribution in [0.5, 0.6) is 0 Å². The Hall–Kier alpha value is -2.37. The van der Waals surface area contributed by atoms with Gasteiger partial charge in [-0.05, 0) is 37.8 Å². The molecular formula is C19H27N3O3. The molecule has 1 aromatic carbocycles. The smallest absolute Gasteiger partial charge is 0.331 e. The van der Waals surface area contributed by atoms with Gasteiger partial charge in [-0.3, -0.25) is 18.7 Å². The minimum atomic E-state index is -0.427. The molecule has 1 atom stereocenters. The van der Waals surface area contributed by atoms with Crippen LogP contribution < -0.4 is 16.6 Å². The number of rotatable bonds is 7. The van der Waals surface area contributed by atoms with Crippen molar-refractivity contribution in [3.8, 4) is 0 Å². The van der Waals surface area contributed by atoms with E-state index < -0.39 is 5.69 Å². The van der Waals surface area contributed by atoms with E-state index in [2.05, 4.69) is 5.32 Å². The van der Waals surface area contributed by atoms with Crippen LogP contribution in [0, 0.1) is 5.92 Å². The van der Waals surface area contributed by atoms with E-state index in [-0.39, 0.29) is 24.1 Å². The van der Waals surface area contributed by atoms with Crippen molar-refractivity contribution in [1.29, 1.82) is 0 Å². The van der Waals surface area contributed by atoms with Gasteiger partial charge in [-0.25, -0.2) is 4.79 Å². The molecule has 0 radical (unpaired) electrons. The van der Waals surface area contributed by atoms with Gasteiger partial charge in [0.25, 0.3) is 5.56 Å². The molecule has 2 aromatic rings. The monoisotopic (exact) mass is 345 g/mol. The van der Waals surface area contributed by atoms with E-state index in [0.717, 1.165) is 12.8 Å². The SMILES string of the molecule is CC[C@@H](C)NC(=O)Cn1c(=O)n(CCC(C)C)c(=O)c2ccccc21. The second-order valence-corrected chi connectivity index (χ2v) is 6.90. The first-order chi connectivity index (χ1) is 11.8. The Morgan fingerprint density at radius 3 is 2.44 bits per heavy atom. The third kappa shape index (κ3) is 4.38. The van der Waals surface area contributed by atoms with Crippen molar-refractivity contribution in [2.75, 3.05) is 0 Å². The van der Waals surface area contributed by atoms with Crippen LogP contribution in [0.15, 0.2) is 33.9 Å². The summed E-state index contributed by atoms with van der Waals surface area (Å²) in [4.78, 5) is 37.8. The molecule has 0 spiro atoms. The Balaban J connectivity index is 2.52. The fourth-order valence-electron chi connectivity index (χ4n) is 2.67. The molecule has 0 fully saturated rings. The van der Waals surface area contributed by atoms with Crippen LogP contribution in [0.4, 0.5) is 0 Å². The second-order valence-electron chi connectivity index (χ2n) is 6.90. The molecule has 1 aromatic heterocycles. The predicted molar refractivity (Wildman–Crippen MR) is 99.8 cm³/mol. The summed E-state index contributed by atoms with van der Waals surface area (Å²) in [5.74, 6) is 0.149. The van der Waals surface area contributed by atoms with Crippen LogP contribution >= 0.6 is 0 Å². The van der Waals surface area contributed by atoms with Gasteiger partial charge in [-0.15, -0.1) is 0 Å². The molecule has 0 saturated carbocycles. The summed E-state index contributed by atoms with van der Waals surface area (Å²) in [7, 11) is 0. The molecule has 0 aliphatic carbocycles. The topological polar surface area (TPSA) is 73.1 Å². The molecule has 0 saturated heterocycles. The van der Waals surface area contributed by atoms with Gasteiger partial charge in [0, 0.05) is 12.6 Å². The Kier molecular flexibility index (Phi) is 6.17. The lowest BCUT2D eigenvalue weighted by atomic mass is 10.1. The number of nitrogens with one attached hydrogen (secondary N) is 1. The lowest BCUT2D eigenvalue weighted by Crippen LogP contribution is -2.43. The molecule has 25 heavy (non-hydrogen) atoms. The van der Waals surface area contributed by atoms with Gasteiger partial charge >= 0.3 is 5.69 Å². The molecule has 1 amide bonds. The van der Waals surface area contributed by atoms with E-state index in [1.807, 2.05) is 27.7 Å². The Morgan fingerprint density at radius 2 is 1.80 bits per heavy atom. The third-order valence-corrected chi connectivity index (χ3v) is 4.38. The van der Waals surface area contributed by atoms with Crippen molar-refractivity contribution in [3.63, 3.8) is 0 Å². The average Bonchev–Trinajstić information content (AvgIpc) is 2.58. The first kappa shape index (κ1) is 19.0. The van der Waals surface area contributed by atoms with Gasteiger partial charge in [-0.2, -0.15) is 0 Å². The molecule has 2 rings (SSSR count). The van der Waals surface area contributed by atoms with Crippen molar-refractivity contribution in [1.82, 2.24) is 14.5 Å². The molecule has 1 heterocycles. The second kappa shape index (κ2) is 8.14. The van der Waals surface area contributed by atoms with E-state index in [1.54, 1.807) is 24.3 Å². The minimum Gasteiger partial charge on any atom is -0.352 e. The van der Waals surface area contributed by atoms with Crippen molar-refractivity contribution in [3.05, 3.63) is 45.1 Å². The molecule has 0 aliphatic heterocycles. The minimum absolute atomic E-state index is 0.0429. The molecule has 0 bridgehead atoms. The number of fused-ring (bicyclic) bond motifs is 1. The van der Waals surface area contributed by atoms with Gasteiger partial charge < -0.3 is 5.32 Å². The number of para-hydroxylation sites is 1. The summed E-state index contributed by atoms with van der Waals surface area (Å²) in [5, 5.41) is 3.33. The molecule has 0 aliphatic rings. The predicted octanol–water partition coefficient (Wildman–Crippen LogP) is 2.12. The van der Waals surface area contributed by atoms with Crippen LogP contribution in [0.3, 0.4) is 0 Å². The number of aromatic nitrogens is 2. The Morgan fingerprint density at radius 1 is 1.12 bits per heavy atom. The summed E-state index contributed by atoms with van der Waals surface area (Å²) < 4.78 is 2.65. The highest BCUT2D eigenvalue weighted by Gasteiger charge is 2.16. The molecule has 0 unspecified atom stereocenters. The first-order valence-electron chi connectivity index (χ1n) is 8.86. The van der Waals surface area contributed by atoms with E-state index in [9.17, 15) is 14.4 Å². The summed E-state index contributed by atoms with van der Waals surface area (Å²) >= 11 is 0. The number of nitrogens with zero attached hydrogens (tertiary/aromatic N) is 2. The highest BCUT2D eigenvalue weighted by Crippen LogP contribution is 2.08. The maximum atomic E-state index is 12.9. The molecule has 6 heteroatoms. The maximum Gasteiger partial charge on any atom is 0.331 e. The van der Waals surface area contributed by atoms with E-state index in [4.69, 9.17) is 0 Å². The number of hydrogen-bond acceptors (Lipinski definition) is 3. The lowest BCUT2D eigenvalue weighted by Gasteiger charge is -2.16. The van der Waals surface area contributed by atoms with Crippen LogP contribution in [0.2, 0.25) is 0 Å². The van der Waals surface area contributed by atoms with Gasteiger partial charge in [-0.1, -0.05) is 32.9 Å². The fourth-order valence-corrected chi connectivity index (χ4v) is 2.67. The van der Waals surface area contributed by atoms with Gasteiger partial charge in [0.2, 0.25) is 5.91 Å². The highest BCUT2D eigenvalue weighted by atomic mass is 16.2. The van der Waals surface area contributed by atoms with Crippen LogP contribution in [-0.2, 0) is 17.9 Å². The van der Waals surface area contributed by atoms with Gasteiger partial charge in [0.15, 0.2) is 0 Å². The lowest BCUT2D eigenvalue weighted by molar-refractivity contribution is -0.122. The van der Waals surface area contributed by atoms with Crippen molar-refractivity contribution < 1.29 is 4.79 Å². The highest BCUT2D eigenvalue weighted by molar-refractivity contribution is 5.81. The average molecular weight is 345 g/mol. The normalized spacial score (nSPS) is 12.5. The van der Waals surface area contributed by atoms with Crippen molar-refractivity contribution in [2.24, 2.45) is 5.92 Å². The van der Waals surface area contributed by atoms with Crippen molar-refractivity contribution >= 4 is 16.8 Å². The number of carbonyl (C=O) groups excluding carboxylic acids is 1. The standard InChI is InChI=1S/C19H27N3O3/c1-5-14(4)20-17(23)12-22-16-9-7-6-8-15(16)18(24)21(19(22)25)11-10-13(2)3/h6-9,13-14H,5,10-12H2,1-4H3,(H,20,23)/t14-/m1/s1. The number of amides is 1. The first-order valence-corrected chi connectivity index (χ1v) is 8.86. The van der Waals surface area contributed by atoms with E-state index >= 15 is 0 Å². The van der Waals surface area contributed by atoms with Gasteiger partial charge in [0.05, 0.1) is 10.9 Å². The molecule has 6 nitrogen and oxygen atoms in total. The zero-order valence-electron chi connectivity index (χ0n) is 15.4. The van der Waals surface area contributed by atoms with E-state index in [1.165, 1.54) is 9.13 Å². The Bertz CT molecular complexity index is 864. The summed E-state index contributed by atoms with van der Waals surface area (Å²) in [6, 6.07) is 6.99. The van der Waals surface area contributed by atoms with E-state index in [0.29, 0.717) is 23.4 Å². The molecular weight excluding hydrogens is 318 g/mol. The van der Waals surface area contributed by atoms with Gasteiger partial charge in [0.1, 0.15) is 6.54 Å². The summed E-state index contributed by atoms with van der Waals surface area (Å²) in [5.41, 5.74) is -0.221. The summed E-state index contributed by atoms with van der Waals surface area (Å²) in [6.45, 7) is 8.26. The maximum absolute atomic E-state index is 12.9. The van der Waals surface area contributed by atoms with Crippen LogP contribution in [0.1, 0.15) is 40.5 Å². The van der Waals surface area contributed by atoms with Crippen LogP contribution in [-0.4, -0.2) is 21.1 Å². The quantitative estimate of drug-likeness (QED) is 0.835. The molecule has 1 N–H and O–H groups in total. The third-order valence-electron chi connectivity index (χ3n) is 4.38. The summed E-state index contributed by atoms with van der Waals surface area (Å²) in [6.07, 6.45) is 1.54. The van der Waals surface area contributed by atoms with Crippen molar-refractivity contribution in [2.45, 2.75) is 59.7 Å².